The van der Waals surface area contributed by atoms with Crippen LogP contribution in [0.5, 0.6) is 0 Å². The molecule has 2 heterocycles. The third-order valence-corrected chi connectivity index (χ3v) is 4.17. The maximum Gasteiger partial charge on any atom is 0.145 e. The van der Waals surface area contributed by atoms with Crippen molar-refractivity contribution in [2.45, 2.75) is 24.9 Å². The van der Waals surface area contributed by atoms with E-state index in [0.29, 0.717) is 0 Å². The minimum atomic E-state index is -0.0541. The number of hydrogen-bond donors (Lipinski definition) is 0. The van der Waals surface area contributed by atoms with Gasteiger partial charge in [-0.15, -0.1) is 0 Å². The quantitative estimate of drug-likeness (QED) is 0.779. The van der Waals surface area contributed by atoms with Gasteiger partial charge in [0.2, 0.25) is 0 Å². The third kappa shape index (κ3) is 2.25. The predicted octanol–water partition coefficient (Wildman–Crippen LogP) is 2.93. The van der Waals surface area contributed by atoms with Gasteiger partial charge >= 0.3 is 0 Å². The standard InChI is InChI=1S/C14H17ClN2O/c1-17-8-6-14(7-9-17)10-13(16-18-14)11-2-4-12(15)5-3-11/h2-5H,6-10H2,1H3. The second kappa shape index (κ2) is 4.56. The van der Waals surface area contributed by atoms with E-state index >= 15 is 0 Å². The topological polar surface area (TPSA) is 24.8 Å². The molecule has 1 aromatic carbocycles. The van der Waals surface area contributed by atoms with Crippen LogP contribution in [-0.4, -0.2) is 36.3 Å². The minimum Gasteiger partial charge on any atom is -0.388 e. The molecule has 3 rings (SSSR count). The average Bonchev–Trinajstić information content (AvgIpc) is 2.79. The first kappa shape index (κ1) is 12.0. The van der Waals surface area contributed by atoms with Crippen molar-refractivity contribution in [2.75, 3.05) is 20.1 Å². The first-order valence-electron chi connectivity index (χ1n) is 6.36. The van der Waals surface area contributed by atoms with E-state index in [0.717, 1.165) is 48.6 Å². The molecule has 1 fully saturated rings. The van der Waals surface area contributed by atoms with Gasteiger partial charge in [0.05, 0.1) is 5.71 Å². The maximum atomic E-state index is 5.90. The summed E-state index contributed by atoms with van der Waals surface area (Å²) in [7, 11) is 2.16. The fourth-order valence-corrected chi connectivity index (χ4v) is 2.74. The van der Waals surface area contributed by atoms with E-state index in [2.05, 4.69) is 17.1 Å². The highest BCUT2D eigenvalue weighted by atomic mass is 35.5. The van der Waals surface area contributed by atoms with E-state index in [1.807, 2.05) is 24.3 Å². The van der Waals surface area contributed by atoms with Crippen molar-refractivity contribution in [1.29, 1.82) is 0 Å². The van der Waals surface area contributed by atoms with Crippen molar-refractivity contribution in [1.82, 2.24) is 4.90 Å². The molecule has 0 saturated carbocycles. The molecule has 0 radical (unpaired) electrons. The van der Waals surface area contributed by atoms with Gasteiger partial charge in [-0.1, -0.05) is 28.9 Å². The van der Waals surface area contributed by atoms with Crippen LogP contribution in [-0.2, 0) is 4.84 Å². The highest BCUT2D eigenvalue weighted by molar-refractivity contribution is 6.30. The molecule has 2 aliphatic rings. The van der Waals surface area contributed by atoms with Crippen LogP contribution in [0.15, 0.2) is 29.4 Å². The Balaban J connectivity index is 1.72. The van der Waals surface area contributed by atoms with Gasteiger partial charge in [-0.05, 0) is 24.7 Å². The van der Waals surface area contributed by atoms with Gasteiger partial charge in [-0.3, -0.25) is 0 Å². The van der Waals surface area contributed by atoms with Gasteiger partial charge in [0, 0.05) is 37.4 Å². The lowest BCUT2D eigenvalue weighted by Crippen LogP contribution is -2.42. The third-order valence-electron chi connectivity index (χ3n) is 3.91. The summed E-state index contributed by atoms with van der Waals surface area (Å²) in [6, 6.07) is 7.83. The zero-order chi connectivity index (χ0) is 12.6. The Labute approximate surface area is 112 Å². The van der Waals surface area contributed by atoms with Crippen molar-refractivity contribution >= 4 is 17.3 Å². The number of benzene rings is 1. The monoisotopic (exact) mass is 264 g/mol. The van der Waals surface area contributed by atoms with Gasteiger partial charge in [-0.25, -0.2) is 0 Å². The summed E-state index contributed by atoms with van der Waals surface area (Å²) in [6.07, 6.45) is 3.04. The zero-order valence-electron chi connectivity index (χ0n) is 10.5. The van der Waals surface area contributed by atoms with Crippen LogP contribution < -0.4 is 0 Å². The van der Waals surface area contributed by atoms with E-state index in [4.69, 9.17) is 16.4 Å². The van der Waals surface area contributed by atoms with Gasteiger partial charge in [0.15, 0.2) is 0 Å². The number of rotatable bonds is 1. The van der Waals surface area contributed by atoms with Gasteiger partial charge < -0.3 is 9.74 Å². The lowest BCUT2D eigenvalue weighted by Gasteiger charge is -2.35. The molecule has 0 atom stereocenters. The molecule has 0 N–H and O–H groups in total. The number of likely N-dealkylation sites (tertiary alicyclic amines) is 1. The van der Waals surface area contributed by atoms with Crippen LogP contribution in [0.25, 0.3) is 0 Å². The summed E-state index contributed by atoms with van der Waals surface area (Å²) in [5, 5.41) is 5.05. The molecular weight excluding hydrogens is 248 g/mol. The van der Waals surface area contributed by atoms with E-state index < -0.39 is 0 Å². The van der Waals surface area contributed by atoms with Gasteiger partial charge in [0.25, 0.3) is 0 Å². The molecule has 0 aromatic heterocycles. The SMILES string of the molecule is CN1CCC2(CC1)CC(c1ccc(Cl)cc1)=NO2. The van der Waals surface area contributed by atoms with Crippen molar-refractivity contribution in [3.8, 4) is 0 Å². The minimum absolute atomic E-state index is 0.0541. The number of piperidine rings is 1. The second-order valence-corrected chi connectivity index (χ2v) is 5.74. The Morgan fingerprint density at radius 1 is 1.22 bits per heavy atom. The summed E-state index contributed by atoms with van der Waals surface area (Å²) in [5.74, 6) is 0. The predicted molar refractivity (Wildman–Crippen MR) is 73.2 cm³/mol. The van der Waals surface area contributed by atoms with Crippen LogP contribution in [0.2, 0.25) is 5.02 Å². The van der Waals surface area contributed by atoms with Crippen molar-refractivity contribution < 1.29 is 4.84 Å². The van der Waals surface area contributed by atoms with Crippen LogP contribution in [0.3, 0.4) is 0 Å². The molecule has 3 nitrogen and oxygen atoms in total. The fourth-order valence-electron chi connectivity index (χ4n) is 2.61. The molecule has 1 aromatic rings. The molecule has 18 heavy (non-hydrogen) atoms. The Morgan fingerprint density at radius 2 is 1.89 bits per heavy atom. The average molecular weight is 265 g/mol. The molecule has 2 aliphatic heterocycles. The Morgan fingerprint density at radius 3 is 2.56 bits per heavy atom. The molecule has 0 aliphatic carbocycles. The Bertz CT molecular complexity index is 461. The van der Waals surface area contributed by atoms with E-state index in [-0.39, 0.29) is 5.60 Å². The number of hydrogen-bond acceptors (Lipinski definition) is 3. The normalized spacial score (nSPS) is 22.9. The Hall–Kier alpha value is -1.06. The molecule has 96 valence electrons. The van der Waals surface area contributed by atoms with Gasteiger partial charge in [0.1, 0.15) is 5.60 Å². The van der Waals surface area contributed by atoms with Crippen LogP contribution >= 0.6 is 11.6 Å². The molecule has 4 heteroatoms. The highest BCUT2D eigenvalue weighted by Gasteiger charge is 2.41. The van der Waals surface area contributed by atoms with Crippen LogP contribution in [0.4, 0.5) is 0 Å². The fraction of sp³-hybridized carbons (Fsp3) is 0.500. The van der Waals surface area contributed by atoms with E-state index in [1.54, 1.807) is 0 Å². The van der Waals surface area contributed by atoms with Gasteiger partial charge in [-0.2, -0.15) is 0 Å². The molecule has 1 spiro atoms. The summed E-state index contributed by atoms with van der Waals surface area (Å²) >= 11 is 5.90. The lowest BCUT2D eigenvalue weighted by molar-refractivity contribution is -0.0578. The summed E-state index contributed by atoms with van der Waals surface area (Å²) in [5.41, 5.74) is 2.12. The first-order chi connectivity index (χ1) is 8.67. The van der Waals surface area contributed by atoms with Crippen molar-refractivity contribution in [2.24, 2.45) is 5.16 Å². The molecule has 1 saturated heterocycles. The smallest absolute Gasteiger partial charge is 0.145 e. The first-order valence-corrected chi connectivity index (χ1v) is 6.74. The molecule has 0 unspecified atom stereocenters. The number of nitrogens with zero attached hydrogens (tertiary/aromatic N) is 2. The molecule has 0 amide bonds. The van der Waals surface area contributed by atoms with Crippen molar-refractivity contribution in [3.05, 3.63) is 34.9 Å². The highest BCUT2D eigenvalue weighted by Crippen LogP contribution is 2.35. The zero-order valence-corrected chi connectivity index (χ0v) is 11.3. The summed E-state index contributed by atoms with van der Waals surface area (Å²) < 4.78 is 0. The van der Waals surface area contributed by atoms with E-state index in [1.165, 1.54) is 0 Å². The lowest BCUT2D eigenvalue weighted by atomic mass is 9.86. The Kier molecular flexibility index (Phi) is 3.04. The maximum absolute atomic E-state index is 5.90. The van der Waals surface area contributed by atoms with E-state index in [9.17, 15) is 0 Å². The summed E-state index contributed by atoms with van der Waals surface area (Å²) in [6.45, 7) is 2.17. The number of oxime groups is 1. The summed E-state index contributed by atoms with van der Waals surface area (Å²) in [4.78, 5) is 8.10. The van der Waals surface area contributed by atoms with Crippen LogP contribution in [0.1, 0.15) is 24.8 Å². The molecule has 0 bridgehead atoms. The van der Waals surface area contributed by atoms with Crippen LogP contribution in [0, 0.1) is 0 Å². The van der Waals surface area contributed by atoms with Crippen molar-refractivity contribution in [3.63, 3.8) is 0 Å². The largest absolute Gasteiger partial charge is 0.388 e. The number of halogens is 1. The second-order valence-electron chi connectivity index (χ2n) is 5.30. The molecular formula is C14H17ClN2O.